The number of benzene rings is 1. The van der Waals surface area contributed by atoms with E-state index in [1.807, 2.05) is 6.92 Å². The second-order valence-corrected chi connectivity index (χ2v) is 5.29. The zero-order valence-corrected chi connectivity index (χ0v) is 10.9. The Bertz CT molecular complexity index is 340. The third-order valence-electron chi connectivity index (χ3n) is 3.40. The van der Waals surface area contributed by atoms with E-state index in [-0.39, 0.29) is 12.1 Å². The van der Waals surface area contributed by atoms with Gasteiger partial charge in [-0.1, -0.05) is 42.7 Å². The summed E-state index contributed by atoms with van der Waals surface area (Å²) in [7, 11) is 0. The molecular formula is C15H23NO. The van der Waals surface area contributed by atoms with Crippen molar-refractivity contribution < 1.29 is 4.74 Å². The molecule has 0 aliphatic heterocycles. The fraction of sp³-hybridized carbons (Fsp3) is 0.600. The minimum atomic E-state index is 0.0364. The van der Waals surface area contributed by atoms with Crippen LogP contribution in [-0.4, -0.2) is 12.6 Å². The van der Waals surface area contributed by atoms with E-state index < -0.39 is 0 Å². The van der Waals surface area contributed by atoms with Crippen molar-refractivity contribution in [1.82, 2.24) is 0 Å². The van der Waals surface area contributed by atoms with Gasteiger partial charge < -0.3 is 10.5 Å². The van der Waals surface area contributed by atoms with Gasteiger partial charge in [-0.3, -0.25) is 0 Å². The van der Waals surface area contributed by atoms with Gasteiger partial charge in [0.15, 0.2) is 0 Å². The number of rotatable bonds is 6. The minimum absolute atomic E-state index is 0.0364. The summed E-state index contributed by atoms with van der Waals surface area (Å²) in [6.07, 6.45) is 4.00. The van der Waals surface area contributed by atoms with Gasteiger partial charge in [-0.05, 0) is 31.7 Å². The fourth-order valence-corrected chi connectivity index (χ4v) is 2.08. The van der Waals surface area contributed by atoms with Gasteiger partial charge in [0.2, 0.25) is 0 Å². The number of hydrogen-bond acceptors (Lipinski definition) is 2. The lowest BCUT2D eigenvalue weighted by atomic mass is 10.0. The second kappa shape index (κ2) is 5.65. The molecule has 1 saturated carbocycles. The highest BCUT2D eigenvalue weighted by Gasteiger charge is 2.22. The van der Waals surface area contributed by atoms with Gasteiger partial charge in [0.1, 0.15) is 0 Å². The first-order valence-corrected chi connectivity index (χ1v) is 6.60. The lowest BCUT2D eigenvalue weighted by Crippen LogP contribution is -2.27. The van der Waals surface area contributed by atoms with Crippen LogP contribution in [-0.2, 0) is 4.74 Å². The van der Waals surface area contributed by atoms with Crippen molar-refractivity contribution in [2.45, 2.75) is 45.3 Å². The average molecular weight is 233 g/mol. The summed E-state index contributed by atoms with van der Waals surface area (Å²) in [4.78, 5) is 0. The van der Waals surface area contributed by atoms with E-state index in [2.05, 4.69) is 31.2 Å². The van der Waals surface area contributed by atoms with Gasteiger partial charge in [-0.2, -0.15) is 0 Å². The van der Waals surface area contributed by atoms with Crippen molar-refractivity contribution >= 4 is 0 Å². The number of ether oxygens (including phenoxy) is 1. The molecule has 2 rings (SSSR count). The molecular weight excluding hydrogens is 210 g/mol. The van der Waals surface area contributed by atoms with Crippen LogP contribution in [0.1, 0.15) is 43.4 Å². The van der Waals surface area contributed by atoms with Crippen LogP contribution < -0.4 is 5.73 Å². The van der Waals surface area contributed by atoms with E-state index in [1.165, 1.54) is 30.4 Å². The Labute approximate surface area is 104 Å². The van der Waals surface area contributed by atoms with E-state index in [0.29, 0.717) is 0 Å². The molecule has 0 aromatic heterocycles. The first-order valence-electron chi connectivity index (χ1n) is 6.60. The minimum Gasteiger partial charge on any atom is -0.372 e. The Kier molecular flexibility index (Phi) is 4.19. The van der Waals surface area contributed by atoms with Crippen LogP contribution in [0.3, 0.4) is 0 Å². The first-order chi connectivity index (χ1) is 8.16. The number of hydrogen-bond donors (Lipinski definition) is 1. The van der Waals surface area contributed by atoms with E-state index in [9.17, 15) is 0 Å². The SMILES string of the molecule is Cc1ccc(C(OCCC2CC2)C(C)N)cc1. The van der Waals surface area contributed by atoms with Crippen LogP contribution in [0.2, 0.25) is 0 Å². The Morgan fingerprint density at radius 3 is 2.47 bits per heavy atom. The molecule has 17 heavy (non-hydrogen) atoms. The molecule has 0 bridgehead atoms. The molecule has 2 heteroatoms. The Morgan fingerprint density at radius 1 is 1.29 bits per heavy atom. The predicted octanol–water partition coefficient (Wildman–Crippen LogP) is 3.20. The maximum atomic E-state index is 6.01. The molecule has 0 heterocycles. The third-order valence-corrected chi connectivity index (χ3v) is 3.40. The lowest BCUT2D eigenvalue weighted by molar-refractivity contribution is 0.0347. The second-order valence-electron chi connectivity index (χ2n) is 5.29. The quantitative estimate of drug-likeness (QED) is 0.819. The molecule has 1 aliphatic carbocycles. The molecule has 2 unspecified atom stereocenters. The van der Waals surface area contributed by atoms with Gasteiger partial charge in [-0.15, -0.1) is 0 Å². The zero-order chi connectivity index (χ0) is 12.3. The largest absolute Gasteiger partial charge is 0.372 e. The topological polar surface area (TPSA) is 35.2 Å². The molecule has 0 saturated heterocycles. The predicted molar refractivity (Wildman–Crippen MR) is 70.9 cm³/mol. The molecule has 2 N–H and O–H groups in total. The summed E-state index contributed by atoms with van der Waals surface area (Å²) < 4.78 is 5.96. The molecule has 0 spiro atoms. The smallest absolute Gasteiger partial charge is 0.0972 e. The van der Waals surface area contributed by atoms with Crippen LogP contribution in [0.5, 0.6) is 0 Å². The molecule has 2 atom stereocenters. The number of nitrogens with two attached hydrogens (primary N) is 1. The average Bonchev–Trinajstić information content (AvgIpc) is 3.09. The Hall–Kier alpha value is -0.860. The van der Waals surface area contributed by atoms with Crippen molar-refractivity contribution in [3.8, 4) is 0 Å². The van der Waals surface area contributed by atoms with Crippen LogP contribution in [0, 0.1) is 12.8 Å². The van der Waals surface area contributed by atoms with E-state index in [4.69, 9.17) is 10.5 Å². The maximum Gasteiger partial charge on any atom is 0.0972 e. The van der Waals surface area contributed by atoms with E-state index in [0.717, 1.165) is 12.5 Å². The monoisotopic (exact) mass is 233 g/mol. The highest BCUT2D eigenvalue weighted by atomic mass is 16.5. The zero-order valence-electron chi connectivity index (χ0n) is 10.9. The van der Waals surface area contributed by atoms with Crippen LogP contribution in [0.4, 0.5) is 0 Å². The van der Waals surface area contributed by atoms with Crippen molar-refractivity contribution in [1.29, 1.82) is 0 Å². The highest BCUT2D eigenvalue weighted by molar-refractivity contribution is 5.24. The normalized spacial score (nSPS) is 19.0. The van der Waals surface area contributed by atoms with Gasteiger partial charge in [-0.25, -0.2) is 0 Å². The fourth-order valence-electron chi connectivity index (χ4n) is 2.08. The summed E-state index contributed by atoms with van der Waals surface area (Å²) in [6.45, 7) is 4.95. The lowest BCUT2D eigenvalue weighted by Gasteiger charge is -2.22. The maximum absolute atomic E-state index is 6.01. The molecule has 0 radical (unpaired) electrons. The molecule has 1 fully saturated rings. The summed E-state index contributed by atoms with van der Waals surface area (Å²) in [5.41, 5.74) is 8.48. The summed E-state index contributed by atoms with van der Waals surface area (Å²) in [6, 6.07) is 8.53. The molecule has 94 valence electrons. The van der Waals surface area contributed by atoms with Gasteiger partial charge in [0, 0.05) is 12.6 Å². The van der Waals surface area contributed by atoms with Crippen LogP contribution in [0.25, 0.3) is 0 Å². The summed E-state index contributed by atoms with van der Waals surface area (Å²) in [5.74, 6) is 0.918. The molecule has 0 amide bonds. The van der Waals surface area contributed by atoms with Gasteiger partial charge in [0.05, 0.1) is 6.10 Å². The van der Waals surface area contributed by atoms with Crippen LogP contribution >= 0.6 is 0 Å². The highest BCUT2D eigenvalue weighted by Crippen LogP contribution is 2.33. The third kappa shape index (κ3) is 3.83. The molecule has 1 aliphatic rings. The van der Waals surface area contributed by atoms with Crippen molar-refractivity contribution in [3.63, 3.8) is 0 Å². The molecule has 1 aromatic rings. The van der Waals surface area contributed by atoms with Gasteiger partial charge in [0.25, 0.3) is 0 Å². The van der Waals surface area contributed by atoms with Crippen molar-refractivity contribution in [3.05, 3.63) is 35.4 Å². The van der Waals surface area contributed by atoms with E-state index in [1.54, 1.807) is 0 Å². The Balaban J connectivity index is 1.92. The molecule has 2 nitrogen and oxygen atoms in total. The van der Waals surface area contributed by atoms with Crippen molar-refractivity contribution in [2.75, 3.05) is 6.61 Å². The standard InChI is InChI=1S/C15H23NO/c1-11-3-7-14(8-4-11)15(12(2)16)17-10-9-13-5-6-13/h3-4,7-8,12-13,15H,5-6,9-10,16H2,1-2H3. The summed E-state index contributed by atoms with van der Waals surface area (Å²) >= 11 is 0. The summed E-state index contributed by atoms with van der Waals surface area (Å²) in [5, 5.41) is 0. The van der Waals surface area contributed by atoms with Gasteiger partial charge >= 0.3 is 0 Å². The van der Waals surface area contributed by atoms with Crippen molar-refractivity contribution in [2.24, 2.45) is 11.7 Å². The van der Waals surface area contributed by atoms with Crippen LogP contribution in [0.15, 0.2) is 24.3 Å². The first kappa shape index (κ1) is 12.6. The molecule has 1 aromatic carbocycles. The number of aryl methyl sites for hydroxylation is 1. The van der Waals surface area contributed by atoms with E-state index >= 15 is 0 Å². The Morgan fingerprint density at radius 2 is 1.94 bits per heavy atom.